The van der Waals surface area contributed by atoms with Crippen molar-refractivity contribution in [1.82, 2.24) is 19.8 Å². The van der Waals surface area contributed by atoms with E-state index in [-0.39, 0.29) is 5.54 Å². The van der Waals surface area contributed by atoms with Gasteiger partial charge in [0, 0.05) is 17.9 Å². The van der Waals surface area contributed by atoms with E-state index in [1.54, 1.807) is 11.3 Å². The van der Waals surface area contributed by atoms with E-state index in [1.165, 1.54) is 0 Å². The summed E-state index contributed by atoms with van der Waals surface area (Å²) < 4.78 is 1.83. The SMILES string of the molecule is CC(C)c1nnc2sc(CC(C)(C)N)nn12. The third kappa shape index (κ3) is 2.22. The number of nitrogens with zero attached hydrogens (tertiary/aromatic N) is 4. The summed E-state index contributed by atoms with van der Waals surface area (Å²) >= 11 is 1.56. The van der Waals surface area contributed by atoms with E-state index in [2.05, 4.69) is 29.1 Å². The van der Waals surface area contributed by atoms with Crippen molar-refractivity contribution in [2.75, 3.05) is 0 Å². The molecule has 0 saturated heterocycles. The van der Waals surface area contributed by atoms with Crippen molar-refractivity contribution in [3.63, 3.8) is 0 Å². The first-order valence-corrected chi connectivity index (χ1v) is 6.18. The minimum Gasteiger partial charge on any atom is -0.325 e. The van der Waals surface area contributed by atoms with E-state index in [4.69, 9.17) is 5.73 Å². The molecule has 0 aromatic carbocycles. The smallest absolute Gasteiger partial charge is 0.234 e. The Balaban J connectivity index is 2.37. The van der Waals surface area contributed by atoms with Crippen LogP contribution in [0.15, 0.2) is 0 Å². The van der Waals surface area contributed by atoms with Crippen molar-refractivity contribution in [3.05, 3.63) is 10.8 Å². The Morgan fingerprint density at radius 1 is 1.38 bits per heavy atom. The van der Waals surface area contributed by atoms with Crippen LogP contribution < -0.4 is 5.73 Å². The topological polar surface area (TPSA) is 69.1 Å². The van der Waals surface area contributed by atoms with E-state index >= 15 is 0 Å². The van der Waals surface area contributed by atoms with Crippen LogP contribution in [-0.4, -0.2) is 25.4 Å². The summed E-state index contributed by atoms with van der Waals surface area (Å²) in [6.45, 7) is 8.17. The van der Waals surface area contributed by atoms with Gasteiger partial charge in [0.1, 0.15) is 5.01 Å². The fourth-order valence-electron chi connectivity index (χ4n) is 1.49. The van der Waals surface area contributed by atoms with Crippen LogP contribution in [0.5, 0.6) is 0 Å². The van der Waals surface area contributed by atoms with Gasteiger partial charge in [0.25, 0.3) is 0 Å². The molecule has 88 valence electrons. The van der Waals surface area contributed by atoms with Crippen LogP contribution in [0, 0.1) is 0 Å². The summed E-state index contributed by atoms with van der Waals surface area (Å²) in [5.41, 5.74) is 5.74. The van der Waals surface area contributed by atoms with E-state index in [1.807, 2.05) is 18.4 Å². The zero-order chi connectivity index (χ0) is 11.9. The first kappa shape index (κ1) is 11.5. The minimum atomic E-state index is -0.235. The molecule has 5 nitrogen and oxygen atoms in total. The Labute approximate surface area is 98.7 Å². The molecule has 0 amide bonds. The Kier molecular flexibility index (Phi) is 2.71. The summed E-state index contributed by atoms with van der Waals surface area (Å²) in [7, 11) is 0. The van der Waals surface area contributed by atoms with Gasteiger partial charge in [0.2, 0.25) is 4.96 Å². The van der Waals surface area contributed by atoms with Gasteiger partial charge in [0.15, 0.2) is 5.82 Å². The molecule has 2 aromatic rings. The van der Waals surface area contributed by atoms with E-state index in [0.29, 0.717) is 5.92 Å². The molecular weight excluding hydrogens is 222 g/mol. The minimum absolute atomic E-state index is 0.235. The third-order valence-corrected chi connectivity index (χ3v) is 3.08. The average molecular weight is 239 g/mol. The monoisotopic (exact) mass is 239 g/mol. The molecule has 0 atom stereocenters. The number of nitrogens with two attached hydrogens (primary N) is 1. The number of hydrogen-bond donors (Lipinski definition) is 1. The Morgan fingerprint density at radius 3 is 2.62 bits per heavy atom. The molecular formula is C10H17N5S. The van der Waals surface area contributed by atoms with Gasteiger partial charge in [-0.2, -0.15) is 9.61 Å². The molecule has 16 heavy (non-hydrogen) atoms. The molecule has 0 unspecified atom stereocenters. The maximum absolute atomic E-state index is 5.98. The highest BCUT2D eigenvalue weighted by Gasteiger charge is 2.18. The summed E-state index contributed by atoms with van der Waals surface area (Å²) in [5, 5.41) is 13.8. The molecule has 0 saturated carbocycles. The zero-order valence-corrected chi connectivity index (χ0v) is 10.9. The standard InChI is InChI=1S/C10H17N5S/c1-6(2)8-12-13-9-15(8)14-7(16-9)5-10(3,4)11/h6H,5,11H2,1-4H3. The molecule has 0 bridgehead atoms. The van der Waals surface area contributed by atoms with Crippen LogP contribution in [0.1, 0.15) is 44.4 Å². The average Bonchev–Trinajstić information content (AvgIpc) is 2.57. The van der Waals surface area contributed by atoms with E-state index < -0.39 is 0 Å². The number of hydrogen-bond acceptors (Lipinski definition) is 5. The molecule has 0 spiro atoms. The second-order valence-electron chi connectivity index (χ2n) is 5.07. The molecule has 2 aromatic heterocycles. The normalized spacial score (nSPS) is 12.9. The Bertz CT molecular complexity index is 491. The van der Waals surface area contributed by atoms with E-state index in [9.17, 15) is 0 Å². The molecule has 0 aliphatic rings. The largest absolute Gasteiger partial charge is 0.325 e. The van der Waals surface area contributed by atoms with Crippen LogP contribution in [-0.2, 0) is 6.42 Å². The number of rotatable bonds is 3. The summed E-state index contributed by atoms with van der Waals surface area (Å²) in [4.78, 5) is 0.850. The molecule has 2 heterocycles. The number of aromatic nitrogens is 4. The van der Waals surface area contributed by atoms with E-state index in [0.717, 1.165) is 22.2 Å². The van der Waals surface area contributed by atoms with Gasteiger partial charge in [-0.15, -0.1) is 10.2 Å². The molecule has 0 aliphatic carbocycles. The lowest BCUT2D eigenvalue weighted by Gasteiger charge is -2.15. The van der Waals surface area contributed by atoms with Gasteiger partial charge in [-0.3, -0.25) is 0 Å². The van der Waals surface area contributed by atoms with Crippen LogP contribution in [0.2, 0.25) is 0 Å². The quantitative estimate of drug-likeness (QED) is 0.883. The van der Waals surface area contributed by atoms with Gasteiger partial charge >= 0.3 is 0 Å². The van der Waals surface area contributed by atoms with Crippen LogP contribution in [0.25, 0.3) is 4.96 Å². The highest BCUT2D eigenvalue weighted by Crippen LogP contribution is 2.20. The lowest BCUT2D eigenvalue weighted by molar-refractivity contribution is 0.511. The predicted molar refractivity (Wildman–Crippen MR) is 64.7 cm³/mol. The first-order chi connectivity index (χ1) is 7.37. The van der Waals surface area contributed by atoms with Crippen LogP contribution in [0.3, 0.4) is 0 Å². The van der Waals surface area contributed by atoms with Crippen molar-refractivity contribution in [3.8, 4) is 0 Å². The van der Waals surface area contributed by atoms with Crippen LogP contribution >= 0.6 is 11.3 Å². The van der Waals surface area contributed by atoms with Crippen molar-refractivity contribution < 1.29 is 0 Å². The van der Waals surface area contributed by atoms with Gasteiger partial charge in [-0.05, 0) is 13.8 Å². The van der Waals surface area contributed by atoms with Crippen LogP contribution in [0.4, 0.5) is 0 Å². The zero-order valence-electron chi connectivity index (χ0n) is 10.1. The third-order valence-electron chi connectivity index (χ3n) is 2.18. The molecule has 0 fully saturated rings. The van der Waals surface area contributed by atoms with Crippen molar-refractivity contribution in [2.24, 2.45) is 5.73 Å². The summed E-state index contributed by atoms with van der Waals surface area (Å²) in [5.74, 6) is 1.24. The highest BCUT2D eigenvalue weighted by atomic mass is 32.1. The van der Waals surface area contributed by atoms with Gasteiger partial charge in [0.05, 0.1) is 0 Å². The summed E-state index contributed by atoms with van der Waals surface area (Å²) in [6, 6.07) is 0. The first-order valence-electron chi connectivity index (χ1n) is 5.37. The lowest BCUT2D eigenvalue weighted by atomic mass is 10.0. The molecule has 0 aliphatic heterocycles. The van der Waals surface area contributed by atoms with Crippen molar-refractivity contribution in [1.29, 1.82) is 0 Å². The van der Waals surface area contributed by atoms with Crippen molar-refractivity contribution in [2.45, 2.75) is 45.6 Å². The second kappa shape index (κ2) is 3.78. The second-order valence-corrected chi connectivity index (χ2v) is 6.11. The molecule has 2 rings (SSSR count). The maximum Gasteiger partial charge on any atom is 0.234 e. The molecule has 0 radical (unpaired) electrons. The highest BCUT2D eigenvalue weighted by molar-refractivity contribution is 7.16. The van der Waals surface area contributed by atoms with Gasteiger partial charge in [-0.1, -0.05) is 25.2 Å². The Hall–Kier alpha value is -1.01. The lowest BCUT2D eigenvalue weighted by Crippen LogP contribution is -2.34. The maximum atomic E-state index is 5.98. The summed E-state index contributed by atoms with van der Waals surface area (Å²) in [6.07, 6.45) is 0.762. The molecule has 2 N–H and O–H groups in total. The molecule has 6 heteroatoms. The van der Waals surface area contributed by atoms with Gasteiger partial charge < -0.3 is 5.73 Å². The van der Waals surface area contributed by atoms with Crippen molar-refractivity contribution >= 4 is 16.3 Å². The van der Waals surface area contributed by atoms with Gasteiger partial charge in [-0.25, -0.2) is 0 Å². The number of fused-ring (bicyclic) bond motifs is 1. The fourth-order valence-corrected chi connectivity index (χ4v) is 2.57. The predicted octanol–water partition coefficient (Wildman–Crippen LogP) is 1.59. The Morgan fingerprint density at radius 2 is 2.06 bits per heavy atom. The fraction of sp³-hybridized carbons (Fsp3) is 0.700.